The third-order valence-electron chi connectivity index (χ3n) is 4.68. The lowest BCUT2D eigenvalue weighted by molar-refractivity contribution is -0.0678. The summed E-state index contributed by atoms with van der Waals surface area (Å²) in [6.07, 6.45) is 14.4. The van der Waals surface area contributed by atoms with Crippen molar-refractivity contribution < 1.29 is 4.74 Å². The highest BCUT2D eigenvalue weighted by Gasteiger charge is 2.48. The molecular formula is C18H28N4OS. The van der Waals surface area contributed by atoms with Gasteiger partial charge in [0.2, 0.25) is 0 Å². The van der Waals surface area contributed by atoms with E-state index in [0.29, 0.717) is 6.04 Å². The molecule has 2 fully saturated rings. The maximum absolute atomic E-state index is 6.38. The van der Waals surface area contributed by atoms with Gasteiger partial charge < -0.3 is 15.0 Å². The zero-order valence-corrected chi connectivity index (χ0v) is 15.4. The molecule has 24 heavy (non-hydrogen) atoms. The summed E-state index contributed by atoms with van der Waals surface area (Å²) < 4.78 is 8.90. The van der Waals surface area contributed by atoms with Crippen molar-refractivity contribution in [3.63, 3.8) is 0 Å². The zero-order valence-electron chi connectivity index (χ0n) is 14.6. The van der Waals surface area contributed by atoms with Crippen LogP contribution in [0.2, 0.25) is 0 Å². The molecule has 1 aromatic rings. The summed E-state index contributed by atoms with van der Waals surface area (Å²) in [7, 11) is 0. The highest BCUT2D eigenvalue weighted by Crippen LogP contribution is 2.43. The lowest BCUT2D eigenvalue weighted by Gasteiger charge is -2.41. The van der Waals surface area contributed by atoms with Gasteiger partial charge in [0, 0.05) is 36.1 Å². The van der Waals surface area contributed by atoms with E-state index in [4.69, 9.17) is 4.74 Å². The van der Waals surface area contributed by atoms with E-state index in [1.54, 1.807) is 6.33 Å². The largest absolute Gasteiger partial charge is 0.358 e. The number of piperidine rings is 1. The van der Waals surface area contributed by atoms with Crippen molar-refractivity contribution in [2.75, 3.05) is 19.7 Å². The zero-order chi connectivity index (χ0) is 16.8. The molecule has 3 rings (SSSR count). The van der Waals surface area contributed by atoms with Gasteiger partial charge in [-0.15, -0.1) is 0 Å². The van der Waals surface area contributed by atoms with Crippen molar-refractivity contribution in [2.45, 2.75) is 51.3 Å². The Morgan fingerprint density at radius 3 is 3.00 bits per heavy atom. The molecule has 1 atom stereocenters. The van der Waals surface area contributed by atoms with Gasteiger partial charge in [-0.3, -0.25) is 0 Å². The molecule has 0 amide bonds. The predicted octanol–water partition coefficient (Wildman–Crippen LogP) is 3.25. The number of hydrogen-bond donors (Lipinski definition) is 2. The topological polar surface area (TPSA) is 53.2 Å². The monoisotopic (exact) mass is 348 g/mol. The molecule has 6 heteroatoms. The summed E-state index contributed by atoms with van der Waals surface area (Å²) in [4.78, 5) is 8.68. The van der Waals surface area contributed by atoms with Crippen molar-refractivity contribution in [3.8, 4) is 0 Å². The normalized spacial score (nSPS) is 25.1. The molecule has 5 nitrogen and oxygen atoms in total. The Balaban J connectivity index is 1.79. The van der Waals surface area contributed by atoms with Crippen LogP contribution in [-0.4, -0.2) is 45.7 Å². The van der Waals surface area contributed by atoms with Crippen LogP contribution in [0.15, 0.2) is 35.7 Å². The molecule has 2 N–H and O–H groups in total. The number of rotatable bonds is 6. The van der Waals surface area contributed by atoms with Gasteiger partial charge in [0.15, 0.2) is 0 Å². The van der Waals surface area contributed by atoms with Gasteiger partial charge in [-0.05, 0) is 38.4 Å². The van der Waals surface area contributed by atoms with Gasteiger partial charge in [-0.25, -0.2) is 9.29 Å². The first-order valence-corrected chi connectivity index (χ1v) is 9.67. The van der Waals surface area contributed by atoms with E-state index in [9.17, 15) is 0 Å². The molecular weight excluding hydrogens is 320 g/mol. The highest BCUT2D eigenvalue weighted by atomic mass is 32.2. The first-order valence-electron chi connectivity index (χ1n) is 8.89. The average molecular weight is 349 g/mol. The number of aromatic nitrogens is 2. The van der Waals surface area contributed by atoms with Crippen LogP contribution in [0.3, 0.4) is 0 Å². The minimum absolute atomic E-state index is 0.144. The van der Waals surface area contributed by atoms with Crippen LogP contribution in [0.25, 0.3) is 0 Å². The molecule has 1 unspecified atom stereocenters. The molecule has 0 radical (unpaired) electrons. The number of H-pyrrole nitrogens is 1. The summed E-state index contributed by atoms with van der Waals surface area (Å²) >= 11 is 1.85. The fraction of sp³-hybridized carbons (Fsp3) is 0.611. The van der Waals surface area contributed by atoms with Crippen LogP contribution >= 0.6 is 11.9 Å². The number of imidazole rings is 1. The minimum atomic E-state index is -0.144. The van der Waals surface area contributed by atoms with Crippen LogP contribution in [0.5, 0.6) is 0 Å². The lowest BCUT2D eigenvalue weighted by Crippen LogP contribution is -2.51. The summed E-state index contributed by atoms with van der Waals surface area (Å²) in [6.45, 7) is 7.09. The van der Waals surface area contributed by atoms with Crippen molar-refractivity contribution in [2.24, 2.45) is 0 Å². The molecule has 132 valence electrons. The molecule has 2 saturated heterocycles. The van der Waals surface area contributed by atoms with E-state index in [0.717, 1.165) is 45.4 Å². The number of nitrogens with zero attached hydrogens (tertiary/aromatic N) is 2. The lowest BCUT2D eigenvalue weighted by atomic mass is 10.0. The summed E-state index contributed by atoms with van der Waals surface area (Å²) in [6, 6.07) is 0.360. The quantitative estimate of drug-likeness (QED) is 0.610. The van der Waals surface area contributed by atoms with E-state index in [1.807, 2.05) is 18.1 Å². The highest BCUT2D eigenvalue weighted by molar-refractivity contribution is 8.01. The Kier molecular flexibility index (Phi) is 6.16. The minimum Gasteiger partial charge on any atom is -0.358 e. The third-order valence-corrected chi connectivity index (χ3v) is 6.09. The van der Waals surface area contributed by atoms with Gasteiger partial charge in [-0.1, -0.05) is 25.2 Å². The van der Waals surface area contributed by atoms with E-state index in [-0.39, 0.29) is 5.72 Å². The van der Waals surface area contributed by atoms with Crippen molar-refractivity contribution in [1.29, 1.82) is 0 Å². The van der Waals surface area contributed by atoms with Gasteiger partial charge in [0.05, 0.1) is 19.0 Å². The Morgan fingerprint density at radius 2 is 2.33 bits per heavy atom. The maximum atomic E-state index is 6.38. The number of aromatic amines is 1. The molecule has 0 aliphatic carbocycles. The SMILES string of the molecule is C/C=C(\C=C/CC)SN1C(Cc2cnc[nH]2)COC12CCNCC2. The third kappa shape index (κ3) is 3.94. The number of ether oxygens (including phenoxy) is 1. The molecule has 0 bridgehead atoms. The van der Waals surface area contributed by atoms with Gasteiger partial charge in [0.1, 0.15) is 5.72 Å². The van der Waals surface area contributed by atoms with E-state index in [1.165, 1.54) is 10.6 Å². The van der Waals surface area contributed by atoms with Gasteiger partial charge in [0.25, 0.3) is 0 Å². The van der Waals surface area contributed by atoms with Crippen LogP contribution in [0.1, 0.15) is 38.8 Å². The molecule has 1 aromatic heterocycles. The Labute approximate surface area is 149 Å². The number of nitrogens with one attached hydrogen (secondary N) is 2. The number of allylic oxidation sites excluding steroid dienone is 3. The smallest absolute Gasteiger partial charge is 0.133 e. The van der Waals surface area contributed by atoms with E-state index in [2.05, 4.69) is 51.7 Å². The van der Waals surface area contributed by atoms with Gasteiger partial charge in [-0.2, -0.15) is 0 Å². The van der Waals surface area contributed by atoms with Crippen molar-refractivity contribution >= 4 is 11.9 Å². The fourth-order valence-electron chi connectivity index (χ4n) is 3.37. The first kappa shape index (κ1) is 17.7. The standard InChI is InChI=1S/C18H28N4OS/c1-3-5-6-17(4-2)24-22-16(11-15-12-20-14-21-15)13-23-18(22)7-9-19-10-8-18/h4-6,12,14,16,19H,3,7-11,13H2,1-2H3,(H,20,21)/b6-5-,17-4+. The van der Waals surface area contributed by atoms with Crippen molar-refractivity contribution in [1.82, 2.24) is 19.6 Å². The first-order chi connectivity index (χ1) is 11.8. The number of hydrogen-bond acceptors (Lipinski definition) is 5. The van der Waals surface area contributed by atoms with E-state index >= 15 is 0 Å². The fourth-order valence-corrected chi connectivity index (χ4v) is 4.55. The maximum Gasteiger partial charge on any atom is 0.133 e. The second-order valence-corrected chi connectivity index (χ2v) is 7.41. The van der Waals surface area contributed by atoms with Crippen LogP contribution in [0.4, 0.5) is 0 Å². The second-order valence-electron chi connectivity index (χ2n) is 6.36. The van der Waals surface area contributed by atoms with E-state index < -0.39 is 0 Å². The molecule has 2 aliphatic rings. The van der Waals surface area contributed by atoms with Crippen LogP contribution < -0.4 is 5.32 Å². The van der Waals surface area contributed by atoms with Gasteiger partial charge >= 0.3 is 0 Å². The van der Waals surface area contributed by atoms with Crippen LogP contribution in [0, 0.1) is 0 Å². The predicted molar refractivity (Wildman–Crippen MR) is 99.5 cm³/mol. The summed E-state index contributed by atoms with van der Waals surface area (Å²) in [5, 5.41) is 3.46. The molecule has 0 saturated carbocycles. The molecule has 0 aromatic carbocycles. The Morgan fingerprint density at radius 1 is 1.50 bits per heavy atom. The van der Waals surface area contributed by atoms with Crippen molar-refractivity contribution in [3.05, 3.63) is 41.4 Å². The summed E-state index contributed by atoms with van der Waals surface area (Å²) in [5.74, 6) is 0. The Bertz CT molecular complexity index is 564. The molecule has 2 aliphatic heterocycles. The Hall–Kier alpha value is -1.08. The second kappa shape index (κ2) is 8.34. The molecule has 3 heterocycles. The average Bonchev–Trinajstić information content (AvgIpc) is 3.23. The van der Waals surface area contributed by atoms with Crippen LogP contribution in [-0.2, 0) is 11.2 Å². The molecule has 1 spiro atoms. The summed E-state index contributed by atoms with van der Waals surface area (Å²) in [5.41, 5.74) is 1.03.